The van der Waals surface area contributed by atoms with Gasteiger partial charge < -0.3 is 9.73 Å². The number of allylic oxidation sites excluding steroid dienone is 2. The van der Waals surface area contributed by atoms with Gasteiger partial charge in [0, 0.05) is 17.3 Å². The first-order valence-electron chi connectivity index (χ1n) is 6.92. The molecule has 0 aliphatic carbocycles. The van der Waals surface area contributed by atoms with Crippen molar-refractivity contribution < 1.29 is 4.42 Å². The van der Waals surface area contributed by atoms with Gasteiger partial charge in [-0.25, -0.2) is 4.98 Å². The number of anilines is 1. The summed E-state index contributed by atoms with van der Waals surface area (Å²) in [4.78, 5) is 4.41. The number of hydrogen-bond donors (Lipinski definition) is 1. The number of fused-ring (bicyclic) bond motifs is 1. The number of aromatic nitrogens is 1. The second-order valence-electron chi connectivity index (χ2n) is 4.78. The van der Waals surface area contributed by atoms with Crippen LogP contribution in [0.3, 0.4) is 0 Å². The summed E-state index contributed by atoms with van der Waals surface area (Å²) in [7, 11) is 0. The lowest BCUT2D eigenvalue weighted by Crippen LogP contribution is -2.00. The van der Waals surface area contributed by atoms with Gasteiger partial charge in [-0.15, -0.1) is 0 Å². The van der Waals surface area contributed by atoms with Gasteiger partial charge in [0.25, 0.3) is 0 Å². The minimum absolute atomic E-state index is 0.109. The molecule has 0 unspecified atom stereocenters. The van der Waals surface area contributed by atoms with E-state index >= 15 is 0 Å². The first-order valence-corrected chi connectivity index (χ1v) is 6.92. The molecular weight excluding hydrogens is 302 g/mol. The fraction of sp³-hybridized carbons (Fsp3) is 0. The van der Waals surface area contributed by atoms with Crippen molar-refractivity contribution in [3.8, 4) is 29.7 Å². The standard InChI is InChI=1S/C18H9N5O/c19-9-13(10-20)16(11-21)22-14-6-7-15-17(8-14)24-18(23-15)12-4-2-1-3-5-12/h1-8,22H. The quantitative estimate of drug-likeness (QED) is 0.738. The summed E-state index contributed by atoms with van der Waals surface area (Å²) in [5, 5.41) is 29.5. The van der Waals surface area contributed by atoms with Crippen LogP contribution in [-0.2, 0) is 0 Å². The second-order valence-corrected chi connectivity index (χ2v) is 4.78. The first-order chi connectivity index (χ1) is 11.7. The molecule has 6 heteroatoms. The maximum absolute atomic E-state index is 9.08. The van der Waals surface area contributed by atoms with E-state index in [0.717, 1.165) is 5.56 Å². The summed E-state index contributed by atoms with van der Waals surface area (Å²) < 4.78 is 5.74. The zero-order chi connectivity index (χ0) is 16.9. The molecular formula is C18H9N5O. The van der Waals surface area contributed by atoms with Crippen molar-refractivity contribution in [1.29, 1.82) is 15.8 Å². The van der Waals surface area contributed by atoms with E-state index in [1.54, 1.807) is 30.3 Å². The average Bonchev–Trinajstić information content (AvgIpc) is 3.06. The van der Waals surface area contributed by atoms with Crippen LogP contribution in [0.2, 0.25) is 0 Å². The minimum Gasteiger partial charge on any atom is -0.436 e. The van der Waals surface area contributed by atoms with Gasteiger partial charge in [0.15, 0.2) is 11.2 Å². The van der Waals surface area contributed by atoms with Crippen molar-refractivity contribution in [1.82, 2.24) is 4.98 Å². The molecule has 6 nitrogen and oxygen atoms in total. The number of nitrogens with one attached hydrogen (secondary N) is 1. The Hall–Kier alpha value is -4.08. The monoisotopic (exact) mass is 311 g/mol. The summed E-state index contributed by atoms with van der Waals surface area (Å²) in [5.74, 6) is 0.494. The number of rotatable bonds is 3. The molecule has 0 amide bonds. The third kappa shape index (κ3) is 2.78. The van der Waals surface area contributed by atoms with E-state index in [1.165, 1.54) is 0 Å². The van der Waals surface area contributed by atoms with Gasteiger partial charge in [-0.2, -0.15) is 15.8 Å². The van der Waals surface area contributed by atoms with Crippen LogP contribution in [-0.4, -0.2) is 4.98 Å². The van der Waals surface area contributed by atoms with Crippen molar-refractivity contribution in [2.45, 2.75) is 0 Å². The molecule has 2 aromatic carbocycles. The summed E-state index contributed by atoms with van der Waals surface area (Å²) in [6, 6.07) is 19.8. The lowest BCUT2D eigenvalue weighted by Gasteiger charge is -2.03. The molecule has 0 bridgehead atoms. The van der Waals surface area contributed by atoms with Crippen LogP contribution in [0.4, 0.5) is 5.69 Å². The summed E-state index contributed by atoms with van der Waals surface area (Å²) in [6.07, 6.45) is 0. The van der Waals surface area contributed by atoms with E-state index in [4.69, 9.17) is 20.2 Å². The molecule has 112 valence electrons. The Bertz CT molecular complexity index is 1040. The Morgan fingerprint density at radius 2 is 1.71 bits per heavy atom. The molecule has 0 spiro atoms. The highest BCUT2D eigenvalue weighted by Crippen LogP contribution is 2.26. The van der Waals surface area contributed by atoms with Gasteiger partial charge >= 0.3 is 0 Å². The third-order valence-electron chi connectivity index (χ3n) is 3.26. The number of hydrogen-bond acceptors (Lipinski definition) is 6. The molecule has 0 saturated heterocycles. The number of benzene rings is 2. The van der Waals surface area contributed by atoms with Crippen LogP contribution >= 0.6 is 0 Å². The second kappa shape index (κ2) is 6.36. The SMILES string of the molecule is N#CC(C#N)=C(C#N)Nc1ccc2nc(-c3ccccc3)oc2c1. The fourth-order valence-corrected chi connectivity index (χ4v) is 2.13. The highest BCUT2D eigenvalue weighted by molar-refractivity contribution is 5.80. The number of oxazole rings is 1. The van der Waals surface area contributed by atoms with Crippen LogP contribution in [0.25, 0.3) is 22.6 Å². The van der Waals surface area contributed by atoms with E-state index in [9.17, 15) is 0 Å². The van der Waals surface area contributed by atoms with Crippen molar-refractivity contribution in [2.24, 2.45) is 0 Å². The van der Waals surface area contributed by atoms with Crippen LogP contribution < -0.4 is 5.32 Å². The lowest BCUT2D eigenvalue weighted by atomic mass is 10.2. The molecule has 0 atom stereocenters. The van der Waals surface area contributed by atoms with E-state index in [1.807, 2.05) is 36.4 Å². The first kappa shape index (κ1) is 14.8. The maximum atomic E-state index is 9.08. The van der Waals surface area contributed by atoms with Crippen molar-refractivity contribution in [2.75, 3.05) is 5.32 Å². The van der Waals surface area contributed by atoms with Crippen molar-refractivity contribution >= 4 is 16.8 Å². The zero-order valence-corrected chi connectivity index (χ0v) is 12.3. The van der Waals surface area contributed by atoms with E-state index in [0.29, 0.717) is 22.7 Å². The minimum atomic E-state index is -0.278. The highest BCUT2D eigenvalue weighted by Gasteiger charge is 2.10. The normalized spacial score (nSPS) is 9.54. The predicted molar refractivity (Wildman–Crippen MR) is 86.9 cm³/mol. The molecule has 3 rings (SSSR count). The van der Waals surface area contributed by atoms with E-state index < -0.39 is 0 Å². The third-order valence-corrected chi connectivity index (χ3v) is 3.26. The molecule has 3 aromatic rings. The molecule has 0 aliphatic heterocycles. The smallest absolute Gasteiger partial charge is 0.227 e. The number of nitriles is 3. The Balaban J connectivity index is 1.99. The molecule has 0 fully saturated rings. The molecule has 0 saturated carbocycles. The summed E-state index contributed by atoms with van der Waals surface area (Å²) in [5.41, 5.74) is 2.20. The maximum Gasteiger partial charge on any atom is 0.227 e. The van der Waals surface area contributed by atoms with E-state index in [-0.39, 0.29) is 11.3 Å². The van der Waals surface area contributed by atoms with Gasteiger partial charge in [-0.05, 0) is 24.3 Å². The van der Waals surface area contributed by atoms with E-state index in [2.05, 4.69) is 10.3 Å². The summed E-state index contributed by atoms with van der Waals surface area (Å²) in [6.45, 7) is 0. The molecule has 24 heavy (non-hydrogen) atoms. The van der Waals surface area contributed by atoms with Gasteiger partial charge in [0.1, 0.15) is 29.4 Å². The summed E-state index contributed by atoms with van der Waals surface area (Å²) >= 11 is 0. The van der Waals surface area contributed by atoms with Crippen molar-refractivity contribution in [3.63, 3.8) is 0 Å². The van der Waals surface area contributed by atoms with Gasteiger partial charge in [0.2, 0.25) is 5.89 Å². The van der Waals surface area contributed by atoms with Gasteiger partial charge in [0.05, 0.1) is 0 Å². The van der Waals surface area contributed by atoms with Gasteiger partial charge in [-0.3, -0.25) is 0 Å². The predicted octanol–water partition coefficient (Wildman–Crippen LogP) is 3.73. The Kier molecular flexibility index (Phi) is 3.93. The molecule has 1 heterocycles. The lowest BCUT2D eigenvalue weighted by molar-refractivity contribution is 0.620. The van der Waals surface area contributed by atoms with Crippen LogP contribution in [0.1, 0.15) is 0 Å². The van der Waals surface area contributed by atoms with Crippen LogP contribution in [0, 0.1) is 34.0 Å². The Morgan fingerprint density at radius 3 is 2.38 bits per heavy atom. The largest absolute Gasteiger partial charge is 0.436 e. The highest BCUT2D eigenvalue weighted by atomic mass is 16.3. The fourth-order valence-electron chi connectivity index (χ4n) is 2.13. The molecule has 1 N–H and O–H groups in total. The zero-order valence-electron chi connectivity index (χ0n) is 12.3. The van der Waals surface area contributed by atoms with Gasteiger partial charge in [-0.1, -0.05) is 18.2 Å². The van der Waals surface area contributed by atoms with Crippen molar-refractivity contribution in [3.05, 3.63) is 59.8 Å². The molecule has 0 aliphatic rings. The van der Waals surface area contributed by atoms with Crippen LogP contribution in [0.5, 0.6) is 0 Å². The average molecular weight is 311 g/mol. The number of nitrogens with zero attached hydrogens (tertiary/aromatic N) is 4. The Morgan fingerprint density at radius 1 is 0.958 bits per heavy atom. The Labute approximate surface area is 137 Å². The van der Waals surface area contributed by atoms with Crippen LogP contribution in [0.15, 0.2) is 64.2 Å². The topological polar surface area (TPSA) is 109 Å². The molecule has 0 radical (unpaired) electrons. The molecule has 1 aromatic heterocycles.